The minimum atomic E-state index is -0.200. The zero-order chi connectivity index (χ0) is 20.4. The first-order valence-corrected chi connectivity index (χ1v) is 9.56. The summed E-state index contributed by atoms with van der Waals surface area (Å²) in [4.78, 5) is 17.0. The van der Waals surface area contributed by atoms with E-state index in [0.29, 0.717) is 29.4 Å². The van der Waals surface area contributed by atoms with Crippen LogP contribution in [0.3, 0.4) is 0 Å². The fraction of sp³-hybridized carbons (Fsp3) is 0.167. The third-order valence-electron chi connectivity index (χ3n) is 5.16. The Bertz CT molecular complexity index is 1090. The van der Waals surface area contributed by atoms with Crippen molar-refractivity contribution in [3.63, 3.8) is 0 Å². The van der Waals surface area contributed by atoms with Crippen molar-refractivity contribution < 1.29 is 9.53 Å². The topological polar surface area (TPSA) is 76.7 Å². The largest absolute Gasteiger partial charge is 0.467 e. The third kappa shape index (κ3) is 3.99. The zero-order valence-electron chi connectivity index (χ0n) is 16.5. The van der Waals surface area contributed by atoms with Crippen molar-refractivity contribution in [3.05, 3.63) is 94.5 Å². The lowest BCUT2D eigenvalue weighted by molar-refractivity contribution is 0.102. The molecule has 0 bridgehead atoms. The van der Waals surface area contributed by atoms with Crippen molar-refractivity contribution in [2.75, 3.05) is 17.6 Å². The first kappa shape index (κ1) is 18.7. The lowest BCUT2D eigenvalue weighted by Gasteiger charge is -2.13. The number of rotatable bonds is 4. The fourth-order valence-corrected chi connectivity index (χ4v) is 3.24. The number of para-hydroxylation sites is 2. The van der Waals surface area contributed by atoms with E-state index in [1.165, 1.54) is 11.1 Å². The summed E-state index contributed by atoms with van der Waals surface area (Å²) in [5.41, 5.74) is 12.0. The highest BCUT2D eigenvalue weighted by atomic mass is 16.5. The van der Waals surface area contributed by atoms with Gasteiger partial charge in [0.2, 0.25) is 5.90 Å². The van der Waals surface area contributed by atoms with Gasteiger partial charge in [0.05, 0.1) is 17.9 Å². The van der Waals surface area contributed by atoms with Crippen molar-refractivity contribution in [1.82, 2.24) is 0 Å². The van der Waals surface area contributed by atoms with E-state index < -0.39 is 0 Å². The molecule has 3 N–H and O–H groups in total. The standard InChI is InChI=1S/C24H23N3O2/c1-15-7-8-19(13-16(15)2)24-26-14-22(29-24)17-9-11-18(12-10-17)23(28)27-21-6-4-3-5-20(21)25/h3-13,22H,14,25H2,1-2H3,(H,27,28). The number of ether oxygens (including phenoxy) is 1. The number of aryl methyl sites for hydroxylation is 2. The maximum Gasteiger partial charge on any atom is 0.255 e. The number of nitrogen functional groups attached to an aromatic ring is 1. The van der Waals surface area contributed by atoms with Gasteiger partial charge in [0.1, 0.15) is 6.10 Å². The number of anilines is 2. The van der Waals surface area contributed by atoms with Gasteiger partial charge in [-0.1, -0.05) is 30.3 Å². The van der Waals surface area contributed by atoms with Crippen LogP contribution in [0.4, 0.5) is 11.4 Å². The zero-order valence-corrected chi connectivity index (χ0v) is 16.5. The highest BCUT2D eigenvalue weighted by Gasteiger charge is 2.23. The summed E-state index contributed by atoms with van der Waals surface area (Å²) in [6, 6.07) is 20.8. The predicted molar refractivity (Wildman–Crippen MR) is 116 cm³/mol. The van der Waals surface area contributed by atoms with Gasteiger partial charge in [0.25, 0.3) is 5.91 Å². The molecule has 0 saturated carbocycles. The molecule has 0 aromatic heterocycles. The number of hydrogen-bond donors (Lipinski definition) is 2. The third-order valence-corrected chi connectivity index (χ3v) is 5.16. The number of nitrogens with one attached hydrogen (secondary N) is 1. The van der Waals surface area contributed by atoms with Crippen LogP contribution in [-0.4, -0.2) is 18.3 Å². The van der Waals surface area contributed by atoms with Gasteiger partial charge in [-0.05, 0) is 66.9 Å². The maximum absolute atomic E-state index is 12.5. The summed E-state index contributed by atoms with van der Waals surface area (Å²) in [7, 11) is 0. The van der Waals surface area contributed by atoms with Gasteiger partial charge < -0.3 is 15.8 Å². The Morgan fingerprint density at radius 1 is 1.03 bits per heavy atom. The molecule has 3 aromatic rings. The first-order valence-electron chi connectivity index (χ1n) is 9.56. The Labute approximate surface area is 170 Å². The second-order valence-corrected chi connectivity index (χ2v) is 7.21. The van der Waals surface area contributed by atoms with Crippen LogP contribution in [0.1, 0.15) is 38.7 Å². The molecule has 29 heavy (non-hydrogen) atoms. The predicted octanol–water partition coefficient (Wildman–Crippen LogP) is 4.66. The number of carbonyl (C=O) groups excluding carboxylic acids is 1. The van der Waals surface area contributed by atoms with Crippen molar-refractivity contribution in [3.8, 4) is 0 Å². The summed E-state index contributed by atoms with van der Waals surface area (Å²) < 4.78 is 6.07. The van der Waals surface area contributed by atoms with Crippen LogP contribution in [0, 0.1) is 13.8 Å². The summed E-state index contributed by atoms with van der Waals surface area (Å²) in [6.45, 7) is 4.73. The van der Waals surface area contributed by atoms with E-state index >= 15 is 0 Å². The molecule has 1 amide bonds. The van der Waals surface area contributed by atoms with Gasteiger partial charge in [-0.2, -0.15) is 0 Å². The molecule has 1 heterocycles. The molecule has 0 radical (unpaired) electrons. The molecule has 0 saturated heterocycles. The number of carbonyl (C=O) groups is 1. The SMILES string of the molecule is Cc1ccc(C2=NCC(c3ccc(C(=O)Nc4ccccc4N)cc3)O2)cc1C. The van der Waals surface area contributed by atoms with Gasteiger partial charge in [-0.25, -0.2) is 4.99 Å². The number of aliphatic imine (C=N–C) groups is 1. The second-order valence-electron chi connectivity index (χ2n) is 7.21. The molecule has 1 unspecified atom stereocenters. The quantitative estimate of drug-likeness (QED) is 0.642. The summed E-state index contributed by atoms with van der Waals surface area (Å²) in [5.74, 6) is 0.466. The van der Waals surface area contributed by atoms with Gasteiger partial charge in [-0.15, -0.1) is 0 Å². The van der Waals surface area contributed by atoms with E-state index in [0.717, 1.165) is 11.1 Å². The van der Waals surface area contributed by atoms with Crippen molar-refractivity contribution in [2.24, 2.45) is 4.99 Å². The van der Waals surface area contributed by atoms with E-state index in [1.807, 2.05) is 30.3 Å². The van der Waals surface area contributed by atoms with Crippen LogP contribution >= 0.6 is 0 Å². The highest BCUT2D eigenvalue weighted by molar-refractivity contribution is 6.05. The molecule has 5 nitrogen and oxygen atoms in total. The van der Waals surface area contributed by atoms with E-state index in [2.05, 4.69) is 36.3 Å². The Hall–Kier alpha value is -3.60. The maximum atomic E-state index is 12.5. The number of nitrogens with zero attached hydrogens (tertiary/aromatic N) is 1. The molecule has 0 fully saturated rings. The number of benzene rings is 3. The minimum Gasteiger partial charge on any atom is -0.467 e. The summed E-state index contributed by atoms with van der Waals surface area (Å²) in [5, 5.41) is 2.84. The Kier molecular flexibility index (Phi) is 5.04. The lowest BCUT2D eigenvalue weighted by Crippen LogP contribution is -2.13. The van der Waals surface area contributed by atoms with Crippen LogP contribution in [0.5, 0.6) is 0 Å². The Morgan fingerprint density at radius 2 is 1.79 bits per heavy atom. The number of hydrogen-bond acceptors (Lipinski definition) is 4. The summed E-state index contributed by atoms with van der Waals surface area (Å²) >= 11 is 0. The van der Waals surface area contributed by atoms with E-state index in [-0.39, 0.29) is 12.0 Å². The van der Waals surface area contributed by atoms with Crippen LogP contribution in [0.15, 0.2) is 71.7 Å². The van der Waals surface area contributed by atoms with E-state index in [1.54, 1.807) is 24.3 Å². The summed E-state index contributed by atoms with van der Waals surface area (Å²) in [6.07, 6.45) is -0.145. The van der Waals surface area contributed by atoms with Crippen LogP contribution in [-0.2, 0) is 4.74 Å². The second kappa shape index (κ2) is 7.80. The normalized spacial score (nSPS) is 15.5. The smallest absolute Gasteiger partial charge is 0.255 e. The van der Waals surface area contributed by atoms with Crippen LogP contribution in [0.2, 0.25) is 0 Å². The first-order chi connectivity index (χ1) is 14.0. The molecular formula is C24H23N3O2. The average Bonchev–Trinajstić information content (AvgIpc) is 3.22. The molecule has 0 aliphatic carbocycles. The lowest BCUT2D eigenvalue weighted by atomic mass is 10.1. The molecule has 5 heteroatoms. The van der Waals surface area contributed by atoms with Gasteiger partial charge in [0, 0.05) is 11.1 Å². The van der Waals surface area contributed by atoms with Crippen molar-refractivity contribution in [1.29, 1.82) is 0 Å². The molecule has 0 spiro atoms. The Morgan fingerprint density at radius 3 is 2.52 bits per heavy atom. The number of nitrogens with two attached hydrogens (primary N) is 1. The van der Waals surface area contributed by atoms with Gasteiger partial charge in [-0.3, -0.25) is 4.79 Å². The molecule has 4 rings (SSSR count). The van der Waals surface area contributed by atoms with Crippen molar-refractivity contribution in [2.45, 2.75) is 20.0 Å². The molecule has 1 atom stereocenters. The fourth-order valence-electron chi connectivity index (χ4n) is 3.24. The van der Waals surface area contributed by atoms with Crippen molar-refractivity contribution >= 4 is 23.2 Å². The molecule has 3 aromatic carbocycles. The van der Waals surface area contributed by atoms with E-state index in [4.69, 9.17) is 10.5 Å². The van der Waals surface area contributed by atoms with Gasteiger partial charge >= 0.3 is 0 Å². The van der Waals surface area contributed by atoms with Crippen LogP contribution in [0.25, 0.3) is 0 Å². The minimum absolute atomic E-state index is 0.145. The average molecular weight is 385 g/mol. The van der Waals surface area contributed by atoms with Crippen LogP contribution < -0.4 is 11.1 Å². The number of amides is 1. The molecular weight excluding hydrogens is 362 g/mol. The highest BCUT2D eigenvalue weighted by Crippen LogP contribution is 2.26. The molecule has 1 aliphatic rings. The molecule has 1 aliphatic heterocycles. The van der Waals surface area contributed by atoms with Gasteiger partial charge in [0.15, 0.2) is 0 Å². The monoisotopic (exact) mass is 385 g/mol. The van der Waals surface area contributed by atoms with E-state index in [9.17, 15) is 4.79 Å². The Balaban J connectivity index is 1.43. The molecule has 146 valence electrons.